The monoisotopic (exact) mass is 1310 g/mol. The minimum atomic E-state index is -4.95. The Labute approximate surface area is 543 Å². The van der Waals surface area contributed by atoms with Gasteiger partial charge in [-0.3, -0.25) is 37.3 Å². The molecular formula is C70H136O17P2. The number of ether oxygens (including phenoxy) is 4. The van der Waals surface area contributed by atoms with Crippen molar-refractivity contribution in [2.75, 3.05) is 39.6 Å². The Morgan fingerprint density at radius 2 is 0.539 bits per heavy atom. The first kappa shape index (κ1) is 87.1. The number of unbranched alkanes of at least 4 members (excludes halogenated alkanes) is 32. The molecule has 0 fully saturated rings. The van der Waals surface area contributed by atoms with Crippen LogP contribution in [0.4, 0.5) is 0 Å². The number of aliphatic hydroxyl groups is 1. The molecule has 528 valence electrons. The van der Waals surface area contributed by atoms with Crippen molar-refractivity contribution < 1.29 is 80.2 Å². The Kier molecular flexibility index (Phi) is 58.5. The summed E-state index contributed by atoms with van der Waals surface area (Å²) in [5, 5.41) is 10.6. The lowest BCUT2D eigenvalue weighted by atomic mass is 10.00. The average Bonchev–Trinajstić information content (AvgIpc) is 3.61. The van der Waals surface area contributed by atoms with Crippen LogP contribution < -0.4 is 0 Å². The molecule has 0 spiro atoms. The maximum atomic E-state index is 13.0. The molecule has 0 aliphatic heterocycles. The number of aliphatic hydroxyl groups excluding tert-OH is 1. The molecule has 0 aromatic carbocycles. The Morgan fingerprint density at radius 1 is 0.315 bits per heavy atom. The van der Waals surface area contributed by atoms with E-state index in [1.807, 2.05) is 0 Å². The molecule has 3 N–H and O–H groups in total. The normalized spacial score (nSPS) is 14.6. The van der Waals surface area contributed by atoms with Gasteiger partial charge in [-0.25, -0.2) is 9.13 Å². The summed E-state index contributed by atoms with van der Waals surface area (Å²) in [5.41, 5.74) is 0. The summed E-state index contributed by atoms with van der Waals surface area (Å²) in [4.78, 5) is 72.3. The van der Waals surface area contributed by atoms with Gasteiger partial charge in [-0.05, 0) is 49.4 Å². The lowest BCUT2D eigenvalue weighted by Crippen LogP contribution is -2.30. The molecule has 0 radical (unpaired) electrons. The van der Waals surface area contributed by atoms with Gasteiger partial charge in [0.05, 0.1) is 26.4 Å². The van der Waals surface area contributed by atoms with Crippen molar-refractivity contribution >= 4 is 39.5 Å². The summed E-state index contributed by atoms with van der Waals surface area (Å²) >= 11 is 0. The molecule has 3 unspecified atom stereocenters. The molecule has 0 amide bonds. The molecule has 0 saturated heterocycles. The van der Waals surface area contributed by atoms with Gasteiger partial charge in [0.2, 0.25) is 0 Å². The Morgan fingerprint density at radius 3 is 0.798 bits per heavy atom. The third-order valence-electron chi connectivity index (χ3n) is 16.4. The highest BCUT2D eigenvalue weighted by Gasteiger charge is 2.30. The van der Waals surface area contributed by atoms with Gasteiger partial charge >= 0.3 is 39.5 Å². The SMILES string of the molecule is CCC(C)CCCCCCCCC(=O)OC[C@H](COP(=O)(O)OC[C@H](O)COP(=O)(O)OC[C@@H](COC(=O)CCCCCCCCCCCCCCCCCCCCC(C)C)OC(=O)CCCCCCCCC(C)C)OC(=O)CCCCCCCCC(C)C. The van der Waals surface area contributed by atoms with E-state index in [1.165, 1.54) is 141 Å². The molecule has 0 bridgehead atoms. The van der Waals surface area contributed by atoms with E-state index in [4.69, 9.17) is 37.0 Å². The first-order chi connectivity index (χ1) is 42.6. The number of phosphoric ester groups is 2. The number of carbonyl (C=O) groups is 4. The predicted octanol–water partition coefficient (Wildman–Crippen LogP) is 19.7. The van der Waals surface area contributed by atoms with Gasteiger partial charge in [-0.2, -0.15) is 0 Å². The van der Waals surface area contributed by atoms with Crippen LogP contribution in [0.1, 0.15) is 344 Å². The molecule has 0 rings (SSSR count). The van der Waals surface area contributed by atoms with Crippen LogP contribution in [0.25, 0.3) is 0 Å². The quantitative estimate of drug-likeness (QED) is 0.0222. The van der Waals surface area contributed by atoms with Crippen molar-refractivity contribution in [3.05, 3.63) is 0 Å². The second-order valence-corrected chi connectivity index (χ2v) is 29.8. The summed E-state index contributed by atoms with van der Waals surface area (Å²) in [6.07, 6.45) is 42.3. The van der Waals surface area contributed by atoms with Crippen LogP contribution in [0.3, 0.4) is 0 Å². The first-order valence-electron chi connectivity index (χ1n) is 36.2. The fourth-order valence-corrected chi connectivity index (χ4v) is 12.0. The zero-order valence-electron chi connectivity index (χ0n) is 58.1. The van der Waals surface area contributed by atoms with Crippen LogP contribution in [-0.2, 0) is 65.4 Å². The van der Waals surface area contributed by atoms with Gasteiger partial charge in [0.15, 0.2) is 12.2 Å². The second-order valence-electron chi connectivity index (χ2n) is 26.9. The number of phosphoric acid groups is 2. The largest absolute Gasteiger partial charge is 0.472 e. The smallest absolute Gasteiger partial charge is 0.462 e. The van der Waals surface area contributed by atoms with E-state index >= 15 is 0 Å². The van der Waals surface area contributed by atoms with Crippen molar-refractivity contribution in [2.45, 2.75) is 363 Å². The Bertz CT molecular complexity index is 1770. The highest BCUT2D eigenvalue weighted by molar-refractivity contribution is 7.47. The van der Waals surface area contributed by atoms with Crippen LogP contribution in [0.2, 0.25) is 0 Å². The average molecular weight is 1310 g/mol. The molecule has 0 aliphatic carbocycles. The zero-order chi connectivity index (χ0) is 66.1. The Hall–Kier alpha value is -1.94. The standard InChI is InChI=1S/C70H136O17P2/c1-9-63(8)49-41-33-26-29-35-43-51-68(73)81-57-66(87-70(75)53-45-37-28-25-32-40-48-62(6)7)59-85-89(78,79)83-55-64(71)54-82-88(76,77)84-58-65(86-69(74)52-44-36-27-24-31-39-47-61(4)5)56-80-67(72)50-42-34-23-21-19-17-15-13-11-10-12-14-16-18-20-22-30-38-46-60(2)3/h60-66,71H,9-59H2,1-8H3,(H,76,77)(H,78,79)/t63?,64-,65-,66-/m1/s1. The van der Waals surface area contributed by atoms with Crippen molar-refractivity contribution in [3.8, 4) is 0 Å². The minimum Gasteiger partial charge on any atom is -0.462 e. The van der Waals surface area contributed by atoms with Crippen molar-refractivity contribution in [1.29, 1.82) is 0 Å². The predicted molar refractivity (Wildman–Crippen MR) is 358 cm³/mol. The van der Waals surface area contributed by atoms with Gasteiger partial charge in [0.1, 0.15) is 19.3 Å². The van der Waals surface area contributed by atoms with Crippen molar-refractivity contribution in [2.24, 2.45) is 23.7 Å². The molecule has 0 aliphatic rings. The summed E-state index contributed by atoms with van der Waals surface area (Å²) in [6.45, 7) is 13.9. The van der Waals surface area contributed by atoms with Crippen molar-refractivity contribution in [1.82, 2.24) is 0 Å². The van der Waals surface area contributed by atoms with Crippen LogP contribution in [0.15, 0.2) is 0 Å². The summed E-state index contributed by atoms with van der Waals surface area (Å²) < 4.78 is 68.1. The van der Waals surface area contributed by atoms with E-state index < -0.39 is 97.5 Å². The maximum Gasteiger partial charge on any atom is 0.472 e. The topological polar surface area (TPSA) is 237 Å². The Balaban J connectivity index is 5.09. The highest BCUT2D eigenvalue weighted by Crippen LogP contribution is 2.45. The number of hydrogen-bond acceptors (Lipinski definition) is 15. The molecule has 0 aromatic rings. The van der Waals surface area contributed by atoms with Crippen molar-refractivity contribution in [3.63, 3.8) is 0 Å². The zero-order valence-corrected chi connectivity index (χ0v) is 59.8. The fourth-order valence-electron chi connectivity index (χ4n) is 10.5. The molecule has 0 heterocycles. The van der Waals surface area contributed by atoms with Gasteiger partial charge in [0, 0.05) is 25.7 Å². The van der Waals surface area contributed by atoms with E-state index in [0.717, 1.165) is 108 Å². The number of hydrogen-bond donors (Lipinski definition) is 3. The maximum absolute atomic E-state index is 13.0. The summed E-state index contributed by atoms with van der Waals surface area (Å²) in [5.74, 6) is 0.752. The van der Waals surface area contributed by atoms with E-state index in [0.29, 0.717) is 37.5 Å². The van der Waals surface area contributed by atoms with E-state index in [1.54, 1.807) is 0 Å². The van der Waals surface area contributed by atoms with E-state index in [9.17, 15) is 43.2 Å². The van der Waals surface area contributed by atoms with Gasteiger partial charge in [-0.1, -0.05) is 293 Å². The first-order valence-corrected chi connectivity index (χ1v) is 39.2. The van der Waals surface area contributed by atoms with Crippen LogP contribution in [-0.4, -0.2) is 96.7 Å². The van der Waals surface area contributed by atoms with Gasteiger partial charge < -0.3 is 33.8 Å². The van der Waals surface area contributed by atoms with Crippen LogP contribution in [0, 0.1) is 23.7 Å². The summed E-state index contributed by atoms with van der Waals surface area (Å²) in [6, 6.07) is 0. The molecule has 19 heteroatoms. The molecular weight excluding hydrogens is 1170 g/mol. The molecule has 0 aromatic heterocycles. The van der Waals surface area contributed by atoms with Gasteiger partial charge in [0.25, 0.3) is 0 Å². The van der Waals surface area contributed by atoms with Crippen LogP contribution in [0.5, 0.6) is 0 Å². The van der Waals surface area contributed by atoms with Crippen LogP contribution >= 0.6 is 15.6 Å². The fraction of sp³-hybridized carbons (Fsp3) is 0.943. The molecule has 0 saturated carbocycles. The lowest BCUT2D eigenvalue weighted by molar-refractivity contribution is -0.161. The lowest BCUT2D eigenvalue weighted by Gasteiger charge is -2.21. The second kappa shape index (κ2) is 59.8. The molecule has 89 heavy (non-hydrogen) atoms. The minimum absolute atomic E-state index is 0.101. The molecule has 17 nitrogen and oxygen atoms in total. The highest BCUT2D eigenvalue weighted by atomic mass is 31.2. The molecule has 6 atom stereocenters. The third-order valence-corrected chi connectivity index (χ3v) is 18.3. The van der Waals surface area contributed by atoms with E-state index in [-0.39, 0.29) is 25.7 Å². The summed E-state index contributed by atoms with van der Waals surface area (Å²) in [7, 11) is -9.90. The third kappa shape index (κ3) is 63.2. The van der Waals surface area contributed by atoms with Gasteiger partial charge in [-0.15, -0.1) is 0 Å². The van der Waals surface area contributed by atoms with E-state index in [2.05, 4.69) is 55.4 Å². The number of rotatable bonds is 67. The number of esters is 4. The number of carbonyl (C=O) groups excluding carboxylic acids is 4.